The molecule has 3 amide bonds. The van der Waals surface area contributed by atoms with Crippen LogP contribution in [0.2, 0.25) is 0 Å². The summed E-state index contributed by atoms with van der Waals surface area (Å²) < 4.78 is 0. The predicted octanol–water partition coefficient (Wildman–Crippen LogP) is 0.933. The smallest absolute Gasteiger partial charge is 0.404 e. The lowest BCUT2D eigenvalue weighted by Crippen LogP contribution is -2.44. The quantitative estimate of drug-likeness (QED) is 0.755. The van der Waals surface area contributed by atoms with Gasteiger partial charge in [0.2, 0.25) is 0 Å². The van der Waals surface area contributed by atoms with Crippen molar-refractivity contribution in [2.45, 2.75) is 37.8 Å². The molecular weight excluding hydrogens is 222 g/mol. The molecule has 0 aromatic carbocycles. The second-order valence-corrected chi connectivity index (χ2v) is 4.85. The first kappa shape index (κ1) is 12.0. The van der Waals surface area contributed by atoms with Crippen molar-refractivity contribution in [3.63, 3.8) is 0 Å². The molecule has 2 aliphatic rings. The molecule has 1 saturated heterocycles. The van der Waals surface area contributed by atoms with E-state index in [4.69, 9.17) is 5.11 Å². The van der Waals surface area contributed by atoms with Gasteiger partial charge < -0.3 is 20.2 Å². The van der Waals surface area contributed by atoms with Crippen LogP contribution in [0.4, 0.5) is 9.59 Å². The molecule has 6 nitrogen and oxygen atoms in total. The van der Waals surface area contributed by atoms with E-state index in [1.165, 1.54) is 0 Å². The lowest BCUT2D eigenvalue weighted by Gasteiger charge is -2.34. The first-order chi connectivity index (χ1) is 8.08. The number of carbonyl (C=O) groups is 2. The summed E-state index contributed by atoms with van der Waals surface area (Å²) >= 11 is 0. The summed E-state index contributed by atoms with van der Waals surface area (Å²) in [5, 5.41) is 11.2. The van der Waals surface area contributed by atoms with Crippen LogP contribution < -0.4 is 5.32 Å². The fourth-order valence-corrected chi connectivity index (χ4v) is 2.71. The average molecular weight is 241 g/mol. The number of nitrogens with zero attached hydrogens (tertiary/aromatic N) is 2. The second-order valence-electron chi connectivity index (χ2n) is 4.85. The Bertz CT molecular complexity index is 313. The van der Waals surface area contributed by atoms with Crippen molar-refractivity contribution < 1.29 is 14.7 Å². The summed E-state index contributed by atoms with van der Waals surface area (Å²) in [5.41, 5.74) is 0. The monoisotopic (exact) mass is 241 g/mol. The van der Waals surface area contributed by atoms with Crippen molar-refractivity contribution in [2.24, 2.45) is 0 Å². The summed E-state index contributed by atoms with van der Waals surface area (Å²) in [6, 6.07) is 0.457. The molecule has 1 aliphatic heterocycles. The molecule has 1 saturated carbocycles. The average Bonchev–Trinajstić information content (AvgIpc) is 2.60. The van der Waals surface area contributed by atoms with Crippen molar-refractivity contribution in [1.82, 2.24) is 15.1 Å². The highest BCUT2D eigenvalue weighted by molar-refractivity contribution is 5.76. The summed E-state index contributed by atoms with van der Waals surface area (Å²) in [7, 11) is 1.82. The number of carboxylic acid groups (broad SMARTS) is 1. The Balaban J connectivity index is 1.83. The minimum Gasteiger partial charge on any atom is -0.465 e. The van der Waals surface area contributed by atoms with E-state index in [9.17, 15) is 9.59 Å². The van der Waals surface area contributed by atoms with Crippen LogP contribution >= 0.6 is 0 Å². The Kier molecular flexibility index (Phi) is 3.40. The number of hydrogen-bond acceptors (Lipinski definition) is 2. The number of likely N-dealkylation sites (N-methyl/N-ethyl adjacent to an activating group) is 1. The van der Waals surface area contributed by atoms with E-state index in [1.54, 1.807) is 4.90 Å². The lowest BCUT2D eigenvalue weighted by atomic mass is 9.90. The van der Waals surface area contributed by atoms with Crippen LogP contribution in [0.3, 0.4) is 0 Å². The normalized spacial score (nSPS) is 29.6. The lowest BCUT2D eigenvalue weighted by molar-refractivity contribution is 0.154. The zero-order chi connectivity index (χ0) is 12.4. The van der Waals surface area contributed by atoms with Gasteiger partial charge in [-0.15, -0.1) is 0 Å². The van der Waals surface area contributed by atoms with Crippen LogP contribution in [0.15, 0.2) is 0 Å². The van der Waals surface area contributed by atoms with Gasteiger partial charge in [0.15, 0.2) is 0 Å². The van der Waals surface area contributed by atoms with Crippen molar-refractivity contribution in [1.29, 1.82) is 0 Å². The Labute approximate surface area is 101 Å². The van der Waals surface area contributed by atoms with E-state index in [0.717, 1.165) is 38.8 Å². The molecule has 0 radical (unpaired) electrons. The molecule has 0 aromatic rings. The number of carbonyl (C=O) groups excluding carboxylic acids is 1. The molecule has 96 valence electrons. The van der Waals surface area contributed by atoms with Crippen LogP contribution in [-0.2, 0) is 0 Å². The van der Waals surface area contributed by atoms with Crippen LogP contribution in [0.1, 0.15) is 25.7 Å². The maximum atomic E-state index is 11.8. The third-order valence-electron chi connectivity index (χ3n) is 3.71. The zero-order valence-electron chi connectivity index (χ0n) is 10.1. The highest BCUT2D eigenvalue weighted by atomic mass is 16.4. The maximum absolute atomic E-state index is 11.8. The number of nitrogens with one attached hydrogen (secondary N) is 1. The van der Waals surface area contributed by atoms with Crippen LogP contribution in [0.5, 0.6) is 0 Å². The van der Waals surface area contributed by atoms with Crippen LogP contribution in [0.25, 0.3) is 0 Å². The maximum Gasteiger partial charge on any atom is 0.404 e. The van der Waals surface area contributed by atoms with E-state index in [2.05, 4.69) is 5.32 Å². The fourth-order valence-electron chi connectivity index (χ4n) is 2.71. The first-order valence-corrected chi connectivity index (χ1v) is 6.09. The van der Waals surface area contributed by atoms with Crippen molar-refractivity contribution in [3.8, 4) is 0 Å². The summed E-state index contributed by atoms with van der Waals surface area (Å²) in [4.78, 5) is 26.0. The number of urea groups is 1. The Hall–Kier alpha value is -1.46. The van der Waals surface area contributed by atoms with Gasteiger partial charge in [0.25, 0.3) is 0 Å². The highest BCUT2D eigenvalue weighted by Crippen LogP contribution is 2.25. The molecule has 1 heterocycles. The number of hydrogen-bond donors (Lipinski definition) is 2. The standard InChI is InChI=1S/C11H19N3O3/c1-13-6-7-14(11(13)17)9-4-2-8(3-5-9)12-10(15)16/h8-9,12H,2-7H2,1H3,(H,15,16)/t8-,9-. The second kappa shape index (κ2) is 4.81. The molecule has 17 heavy (non-hydrogen) atoms. The largest absolute Gasteiger partial charge is 0.465 e. The van der Waals surface area contributed by atoms with Gasteiger partial charge in [-0.2, -0.15) is 0 Å². The SMILES string of the molecule is CN1CCN([C@H]2CC[C@H](NC(=O)O)CC2)C1=O. The van der Waals surface area contributed by atoms with E-state index >= 15 is 0 Å². The van der Waals surface area contributed by atoms with Gasteiger partial charge in [-0.05, 0) is 25.7 Å². The molecule has 2 rings (SSSR count). The van der Waals surface area contributed by atoms with E-state index < -0.39 is 6.09 Å². The van der Waals surface area contributed by atoms with E-state index in [1.807, 2.05) is 11.9 Å². The topological polar surface area (TPSA) is 72.9 Å². The molecule has 0 atom stereocenters. The molecule has 0 aromatic heterocycles. The molecule has 0 spiro atoms. The van der Waals surface area contributed by atoms with Gasteiger partial charge in [0, 0.05) is 32.2 Å². The third-order valence-corrected chi connectivity index (χ3v) is 3.71. The molecule has 0 unspecified atom stereocenters. The van der Waals surface area contributed by atoms with Gasteiger partial charge in [-0.1, -0.05) is 0 Å². The minimum atomic E-state index is -0.953. The van der Waals surface area contributed by atoms with E-state index in [0.29, 0.717) is 6.04 Å². The van der Waals surface area contributed by atoms with Gasteiger partial charge in [-0.3, -0.25) is 0 Å². The fraction of sp³-hybridized carbons (Fsp3) is 0.818. The van der Waals surface area contributed by atoms with Crippen LogP contribution in [0, 0.1) is 0 Å². The molecule has 2 fully saturated rings. The number of rotatable bonds is 2. The minimum absolute atomic E-state index is 0.0548. The van der Waals surface area contributed by atoms with Gasteiger partial charge in [0.05, 0.1) is 0 Å². The molecule has 1 aliphatic carbocycles. The van der Waals surface area contributed by atoms with Gasteiger partial charge in [0.1, 0.15) is 0 Å². The highest BCUT2D eigenvalue weighted by Gasteiger charge is 2.34. The molecule has 6 heteroatoms. The zero-order valence-corrected chi connectivity index (χ0v) is 10.1. The molecule has 2 N–H and O–H groups in total. The van der Waals surface area contributed by atoms with Crippen molar-refractivity contribution >= 4 is 12.1 Å². The number of amides is 3. The summed E-state index contributed by atoms with van der Waals surface area (Å²) in [6.07, 6.45) is 2.48. The first-order valence-electron chi connectivity index (χ1n) is 6.09. The third kappa shape index (κ3) is 2.62. The summed E-state index contributed by atoms with van der Waals surface area (Å²) in [5.74, 6) is 0. The summed E-state index contributed by atoms with van der Waals surface area (Å²) in [6.45, 7) is 1.60. The van der Waals surface area contributed by atoms with Gasteiger partial charge >= 0.3 is 12.1 Å². The van der Waals surface area contributed by atoms with Crippen LogP contribution in [-0.4, -0.2) is 59.3 Å². The Morgan fingerprint density at radius 1 is 1.29 bits per heavy atom. The molecular formula is C11H19N3O3. The van der Waals surface area contributed by atoms with E-state index in [-0.39, 0.29) is 12.1 Å². The Morgan fingerprint density at radius 2 is 1.94 bits per heavy atom. The van der Waals surface area contributed by atoms with Gasteiger partial charge in [-0.25, -0.2) is 9.59 Å². The predicted molar refractivity (Wildman–Crippen MR) is 61.9 cm³/mol. The van der Waals surface area contributed by atoms with Crippen molar-refractivity contribution in [2.75, 3.05) is 20.1 Å². The molecule has 0 bridgehead atoms. The van der Waals surface area contributed by atoms with Crippen molar-refractivity contribution in [3.05, 3.63) is 0 Å². The Morgan fingerprint density at radius 3 is 2.41 bits per heavy atom.